The highest BCUT2D eigenvalue weighted by atomic mass is 35.5. The third kappa shape index (κ3) is 2.61. The second-order valence-electron chi connectivity index (χ2n) is 7.35. The number of nitrogens with one attached hydrogen (secondary N) is 1. The average molecular weight is 363 g/mol. The van der Waals surface area contributed by atoms with Crippen LogP contribution >= 0.6 is 11.6 Å². The number of ether oxygens (including phenoxy) is 1. The Labute approximate surface area is 151 Å². The fraction of sp³-hybridized carbons (Fsp3) is 0.526. The van der Waals surface area contributed by atoms with Gasteiger partial charge in [-0.05, 0) is 62.8 Å². The van der Waals surface area contributed by atoms with Crippen molar-refractivity contribution in [1.82, 2.24) is 9.88 Å². The molecule has 0 radical (unpaired) electrons. The van der Waals surface area contributed by atoms with Crippen LogP contribution in [0.5, 0.6) is 0 Å². The monoisotopic (exact) mass is 362 g/mol. The number of nitrogens with zero attached hydrogens (tertiary/aromatic N) is 1. The fourth-order valence-electron chi connectivity index (χ4n) is 4.34. The van der Waals surface area contributed by atoms with Gasteiger partial charge in [-0.3, -0.25) is 4.90 Å². The highest BCUT2D eigenvalue weighted by molar-refractivity contribution is 6.31. The van der Waals surface area contributed by atoms with Gasteiger partial charge in [-0.2, -0.15) is 0 Å². The molecule has 1 aromatic carbocycles. The fourth-order valence-corrected chi connectivity index (χ4v) is 4.51. The normalized spacial score (nSPS) is 25.7. The van der Waals surface area contributed by atoms with Crippen molar-refractivity contribution in [3.63, 3.8) is 0 Å². The van der Waals surface area contributed by atoms with Crippen molar-refractivity contribution in [2.75, 3.05) is 6.54 Å². The molecular formula is C19H23ClN2O3. The predicted molar refractivity (Wildman–Crippen MR) is 96.6 cm³/mol. The SMILES string of the molecule is C[C@]1(O)N(CCc2c[nH]c3ccc(Cl)cc23)C(=O)OC12CCCCC2. The molecule has 1 amide bonds. The number of aromatic amines is 1. The maximum Gasteiger partial charge on any atom is 0.412 e. The van der Waals surface area contributed by atoms with Crippen LogP contribution in [0.2, 0.25) is 5.02 Å². The number of carbonyl (C=O) groups excluding carboxylic acids is 1. The predicted octanol–water partition coefficient (Wildman–Crippen LogP) is 4.23. The molecule has 1 saturated heterocycles. The summed E-state index contributed by atoms with van der Waals surface area (Å²) in [6.45, 7) is 2.13. The van der Waals surface area contributed by atoms with E-state index in [0.717, 1.165) is 48.6 Å². The third-order valence-corrected chi connectivity index (χ3v) is 6.12. The van der Waals surface area contributed by atoms with Gasteiger partial charge >= 0.3 is 6.09 Å². The molecule has 0 unspecified atom stereocenters. The van der Waals surface area contributed by atoms with E-state index < -0.39 is 17.4 Å². The Morgan fingerprint density at radius 3 is 2.84 bits per heavy atom. The summed E-state index contributed by atoms with van der Waals surface area (Å²) in [4.78, 5) is 17.2. The molecule has 4 rings (SSSR count). The minimum Gasteiger partial charge on any atom is -0.438 e. The second-order valence-corrected chi connectivity index (χ2v) is 7.79. The number of aromatic nitrogens is 1. The lowest BCUT2D eigenvalue weighted by atomic mass is 9.77. The van der Waals surface area contributed by atoms with E-state index in [-0.39, 0.29) is 0 Å². The van der Waals surface area contributed by atoms with Crippen molar-refractivity contribution in [3.8, 4) is 0 Å². The number of halogens is 1. The Balaban J connectivity index is 1.55. The molecule has 1 aliphatic carbocycles. The lowest BCUT2D eigenvalue weighted by Gasteiger charge is -2.42. The van der Waals surface area contributed by atoms with Crippen LogP contribution in [0.1, 0.15) is 44.6 Å². The number of H-pyrrole nitrogens is 1. The Hall–Kier alpha value is -1.72. The van der Waals surface area contributed by atoms with E-state index in [1.165, 1.54) is 4.90 Å². The molecule has 2 aliphatic rings. The number of carbonyl (C=O) groups is 1. The van der Waals surface area contributed by atoms with Gasteiger partial charge in [0.25, 0.3) is 0 Å². The topological polar surface area (TPSA) is 65.6 Å². The molecule has 0 bridgehead atoms. The maximum absolute atomic E-state index is 12.5. The van der Waals surface area contributed by atoms with Crippen LogP contribution in [0, 0.1) is 0 Å². The van der Waals surface area contributed by atoms with E-state index in [0.29, 0.717) is 18.0 Å². The molecular weight excluding hydrogens is 340 g/mol. The zero-order chi connectivity index (χ0) is 17.7. The zero-order valence-corrected chi connectivity index (χ0v) is 15.1. The molecule has 1 spiro atoms. The van der Waals surface area contributed by atoms with Crippen molar-refractivity contribution in [2.45, 2.75) is 56.8 Å². The Kier molecular flexibility index (Phi) is 3.96. The number of hydrogen-bond acceptors (Lipinski definition) is 3. The maximum atomic E-state index is 12.5. The molecule has 2 fully saturated rings. The first-order valence-corrected chi connectivity index (χ1v) is 9.29. The highest BCUT2D eigenvalue weighted by Crippen LogP contribution is 2.46. The van der Waals surface area contributed by atoms with Crippen molar-refractivity contribution in [2.24, 2.45) is 0 Å². The van der Waals surface area contributed by atoms with E-state index in [9.17, 15) is 9.90 Å². The Morgan fingerprint density at radius 2 is 2.08 bits per heavy atom. The van der Waals surface area contributed by atoms with E-state index in [1.54, 1.807) is 6.92 Å². The number of fused-ring (bicyclic) bond motifs is 1. The zero-order valence-electron chi connectivity index (χ0n) is 14.3. The van der Waals surface area contributed by atoms with Crippen molar-refractivity contribution >= 4 is 28.6 Å². The first kappa shape index (κ1) is 16.7. The minimum atomic E-state index is -1.27. The molecule has 2 N–H and O–H groups in total. The summed E-state index contributed by atoms with van der Waals surface area (Å²) in [5, 5.41) is 12.9. The highest BCUT2D eigenvalue weighted by Gasteiger charge is 2.61. The van der Waals surface area contributed by atoms with Crippen LogP contribution in [-0.4, -0.2) is 39.0 Å². The van der Waals surface area contributed by atoms with Gasteiger partial charge in [-0.1, -0.05) is 18.0 Å². The molecule has 25 heavy (non-hydrogen) atoms. The van der Waals surface area contributed by atoms with Crippen LogP contribution in [0.4, 0.5) is 4.79 Å². The van der Waals surface area contributed by atoms with Gasteiger partial charge in [0.2, 0.25) is 0 Å². The van der Waals surface area contributed by atoms with Crippen LogP contribution in [0.15, 0.2) is 24.4 Å². The third-order valence-electron chi connectivity index (χ3n) is 5.89. The van der Waals surface area contributed by atoms with E-state index in [1.807, 2.05) is 24.4 Å². The lowest BCUT2D eigenvalue weighted by molar-refractivity contribution is -0.158. The van der Waals surface area contributed by atoms with Gasteiger partial charge in [0.15, 0.2) is 11.3 Å². The van der Waals surface area contributed by atoms with Gasteiger partial charge in [-0.15, -0.1) is 0 Å². The molecule has 5 nitrogen and oxygen atoms in total. The Bertz CT molecular complexity index is 808. The van der Waals surface area contributed by atoms with Crippen LogP contribution in [-0.2, 0) is 11.2 Å². The summed E-state index contributed by atoms with van der Waals surface area (Å²) in [6.07, 6.45) is 6.71. The summed E-state index contributed by atoms with van der Waals surface area (Å²) in [7, 11) is 0. The molecule has 2 heterocycles. The van der Waals surface area contributed by atoms with Crippen molar-refractivity contribution in [1.29, 1.82) is 0 Å². The first-order valence-electron chi connectivity index (χ1n) is 8.91. The Morgan fingerprint density at radius 1 is 1.32 bits per heavy atom. The molecule has 6 heteroatoms. The van der Waals surface area contributed by atoms with E-state index >= 15 is 0 Å². The minimum absolute atomic E-state index is 0.410. The number of aliphatic hydroxyl groups is 1. The number of hydrogen-bond donors (Lipinski definition) is 2. The van der Waals surface area contributed by atoms with Gasteiger partial charge in [0.1, 0.15) is 0 Å². The largest absolute Gasteiger partial charge is 0.438 e. The van der Waals surface area contributed by atoms with Gasteiger partial charge in [0.05, 0.1) is 0 Å². The summed E-state index contributed by atoms with van der Waals surface area (Å²) in [6, 6.07) is 5.71. The standard InChI is InChI=1S/C19H23ClN2O3/c1-18(24)19(8-3-2-4-9-19)25-17(23)22(18)10-7-13-12-21-16-6-5-14(20)11-15(13)16/h5-6,11-12,21,24H,2-4,7-10H2,1H3/t18-/m1/s1. The summed E-state index contributed by atoms with van der Waals surface area (Å²) >= 11 is 6.10. The number of rotatable bonds is 3. The molecule has 1 aliphatic heterocycles. The quantitative estimate of drug-likeness (QED) is 0.858. The summed E-state index contributed by atoms with van der Waals surface area (Å²) < 4.78 is 5.70. The van der Waals surface area contributed by atoms with Gasteiger partial charge in [-0.25, -0.2) is 4.79 Å². The van der Waals surface area contributed by atoms with Gasteiger partial charge < -0.3 is 14.8 Å². The number of amides is 1. The van der Waals surface area contributed by atoms with Crippen molar-refractivity contribution < 1.29 is 14.6 Å². The first-order chi connectivity index (χ1) is 11.9. The second kappa shape index (κ2) is 5.92. The summed E-state index contributed by atoms with van der Waals surface area (Å²) in [5.74, 6) is 0. The molecule has 1 aromatic heterocycles. The van der Waals surface area contributed by atoms with Gasteiger partial charge in [0, 0.05) is 28.7 Å². The van der Waals surface area contributed by atoms with E-state index in [4.69, 9.17) is 16.3 Å². The van der Waals surface area contributed by atoms with Crippen LogP contribution in [0.3, 0.4) is 0 Å². The summed E-state index contributed by atoms with van der Waals surface area (Å²) in [5.41, 5.74) is 0.0599. The molecule has 1 atom stereocenters. The molecule has 2 aromatic rings. The molecule has 134 valence electrons. The average Bonchev–Trinajstić information content (AvgIpc) is 3.04. The lowest BCUT2D eigenvalue weighted by Crippen LogP contribution is -2.57. The van der Waals surface area contributed by atoms with E-state index in [2.05, 4.69) is 4.98 Å². The van der Waals surface area contributed by atoms with Crippen LogP contribution in [0.25, 0.3) is 10.9 Å². The number of benzene rings is 1. The molecule has 1 saturated carbocycles. The van der Waals surface area contributed by atoms with Crippen LogP contribution < -0.4 is 0 Å². The smallest absolute Gasteiger partial charge is 0.412 e. The van der Waals surface area contributed by atoms with Crippen molar-refractivity contribution in [3.05, 3.63) is 35.0 Å².